The van der Waals surface area contributed by atoms with Crippen LogP contribution in [0.15, 0.2) is 18.2 Å². The SMILES string of the molecule is Cc1ccc(O)c(C(=O)N2CCN(CCN)CC2)c1. The number of hydrogen-bond donors (Lipinski definition) is 2. The molecule has 104 valence electrons. The topological polar surface area (TPSA) is 69.8 Å². The Kier molecular flexibility index (Phi) is 4.39. The third-order valence-electron chi connectivity index (χ3n) is 3.49. The van der Waals surface area contributed by atoms with Crippen molar-refractivity contribution in [2.24, 2.45) is 5.73 Å². The molecule has 1 aromatic carbocycles. The lowest BCUT2D eigenvalue weighted by molar-refractivity contribution is 0.0638. The summed E-state index contributed by atoms with van der Waals surface area (Å²) in [6.07, 6.45) is 0. The van der Waals surface area contributed by atoms with Crippen LogP contribution in [0.25, 0.3) is 0 Å². The van der Waals surface area contributed by atoms with Crippen molar-refractivity contribution in [3.05, 3.63) is 29.3 Å². The van der Waals surface area contributed by atoms with Crippen molar-refractivity contribution in [1.82, 2.24) is 9.80 Å². The molecule has 0 radical (unpaired) electrons. The van der Waals surface area contributed by atoms with Crippen LogP contribution < -0.4 is 5.73 Å². The highest BCUT2D eigenvalue weighted by Gasteiger charge is 2.23. The molecule has 1 amide bonds. The van der Waals surface area contributed by atoms with E-state index in [2.05, 4.69) is 4.90 Å². The number of nitrogens with two attached hydrogens (primary N) is 1. The Labute approximate surface area is 113 Å². The lowest BCUT2D eigenvalue weighted by Crippen LogP contribution is -2.49. The second-order valence-electron chi connectivity index (χ2n) is 4.94. The van der Waals surface area contributed by atoms with Gasteiger partial charge >= 0.3 is 0 Å². The zero-order chi connectivity index (χ0) is 13.8. The summed E-state index contributed by atoms with van der Waals surface area (Å²) in [5.41, 5.74) is 6.90. The van der Waals surface area contributed by atoms with Gasteiger partial charge in [0.25, 0.3) is 5.91 Å². The molecule has 0 aromatic heterocycles. The van der Waals surface area contributed by atoms with Crippen molar-refractivity contribution in [1.29, 1.82) is 0 Å². The summed E-state index contributed by atoms with van der Waals surface area (Å²) < 4.78 is 0. The van der Waals surface area contributed by atoms with Gasteiger partial charge in [0, 0.05) is 39.3 Å². The fourth-order valence-electron chi connectivity index (χ4n) is 2.35. The molecule has 0 unspecified atom stereocenters. The quantitative estimate of drug-likeness (QED) is 0.829. The third kappa shape index (κ3) is 3.24. The first-order chi connectivity index (χ1) is 9.11. The lowest BCUT2D eigenvalue weighted by atomic mass is 10.1. The minimum Gasteiger partial charge on any atom is -0.507 e. The van der Waals surface area contributed by atoms with Crippen molar-refractivity contribution < 1.29 is 9.90 Å². The molecule has 19 heavy (non-hydrogen) atoms. The molecule has 3 N–H and O–H groups in total. The maximum absolute atomic E-state index is 12.4. The van der Waals surface area contributed by atoms with E-state index >= 15 is 0 Å². The number of hydrogen-bond acceptors (Lipinski definition) is 4. The number of carbonyl (C=O) groups excluding carboxylic acids is 1. The van der Waals surface area contributed by atoms with Crippen LogP contribution in [0.4, 0.5) is 0 Å². The largest absolute Gasteiger partial charge is 0.507 e. The molecule has 1 aliphatic rings. The highest BCUT2D eigenvalue weighted by atomic mass is 16.3. The molecule has 1 saturated heterocycles. The minimum atomic E-state index is -0.0893. The fraction of sp³-hybridized carbons (Fsp3) is 0.500. The van der Waals surface area contributed by atoms with Crippen molar-refractivity contribution in [2.75, 3.05) is 39.3 Å². The number of amides is 1. The smallest absolute Gasteiger partial charge is 0.257 e. The molecule has 5 nitrogen and oxygen atoms in total. The van der Waals surface area contributed by atoms with Gasteiger partial charge in [-0.2, -0.15) is 0 Å². The van der Waals surface area contributed by atoms with Gasteiger partial charge in [-0.25, -0.2) is 0 Å². The number of phenols is 1. The van der Waals surface area contributed by atoms with Crippen molar-refractivity contribution in [3.8, 4) is 5.75 Å². The van der Waals surface area contributed by atoms with Crippen LogP contribution >= 0.6 is 0 Å². The number of aromatic hydroxyl groups is 1. The van der Waals surface area contributed by atoms with E-state index in [1.54, 1.807) is 23.1 Å². The van der Waals surface area contributed by atoms with Crippen molar-refractivity contribution in [2.45, 2.75) is 6.92 Å². The van der Waals surface area contributed by atoms with Gasteiger partial charge < -0.3 is 15.7 Å². The number of carbonyl (C=O) groups is 1. The monoisotopic (exact) mass is 263 g/mol. The van der Waals surface area contributed by atoms with Gasteiger partial charge in [-0.15, -0.1) is 0 Å². The van der Waals surface area contributed by atoms with Gasteiger partial charge in [-0.1, -0.05) is 11.6 Å². The molecule has 0 atom stereocenters. The molecule has 0 bridgehead atoms. The molecule has 0 spiro atoms. The summed E-state index contributed by atoms with van der Waals surface area (Å²) in [7, 11) is 0. The molecular formula is C14H21N3O2. The van der Waals surface area contributed by atoms with E-state index in [4.69, 9.17) is 5.73 Å². The molecule has 1 fully saturated rings. The van der Waals surface area contributed by atoms with E-state index in [1.807, 2.05) is 6.92 Å². The molecule has 1 aliphatic heterocycles. The number of benzene rings is 1. The number of aryl methyl sites for hydroxylation is 1. The summed E-state index contributed by atoms with van der Waals surface area (Å²) in [6, 6.07) is 5.11. The predicted octanol–water partition coefficient (Wildman–Crippen LogP) is 0.417. The number of piperazine rings is 1. The Hall–Kier alpha value is -1.59. The van der Waals surface area contributed by atoms with Crippen LogP contribution in [0.2, 0.25) is 0 Å². The third-order valence-corrected chi connectivity index (χ3v) is 3.49. The predicted molar refractivity (Wildman–Crippen MR) is 74.2 cm³/mol. The average Bonchev–Trinajstić information content (AvgIpc) is 2.42. The minimum absolute atomic E-state index is 0.0555. The van der Waals surface area contributed by atoms with Crippen LogP contribution in [0.3, 0.4) is 0 Å². The number of nitrogens with zero attached hydrogens (tertiary/aromatic N) is 2. The number of rotatable bonds is 3. The Balaban J connectivity index is 2.03. The maximum atomic E-state index is 12.4. The number of phenolic OH excluding ortho intramolecular Hbond substituents is 1. The first-order valence-electron chi connectivity index (χ1n) is 6.63. The van der Waals surface area contributed by atoms with Crippen molar-refractivity contribution >= 4 is 5.91 Å². The van der Waals surface area contributed by atoms with E-state index < -0.39 is 0 Å². The standard InChI is InChI=1S/C14H21N3O2/c1-11-2-3-13(18)12(10-11)14(19)17-8-6-16(5-4-15)7-9-17/h2-3,10,18H,4-9,15H2,1H3. The lowest BCUT2D eigenvalue weighted by Gasteiger charge is -2.34. The molecule has 5 heteroatoms. The van der Waals surface area contributed by atoms with Gasteiger partial charge in [0.15, 0.2) is 0 Å². The van der Waals surface area contributed by atoms with Gasteiger partial charge in [-0.05, 0) is 19.1 Å². The van der Waals surface area contributed by atoms with E-state index in [1.165, 1.54) is 0 Å². The Morgan fingerprint density at radius 3 is 2.63 bits per heavy atom. The van der Waals surface area contributed by atoms with Gasteiger partial charge in [0.05, 0.1) is 5.56 Å². The van der Waals surface area contributed by atoms with Gasteiger partial charge in [-0.3, -0.25) is 9.69 Å². The van der Waals surface area contributed by atoms with E-state index in [-0.39, 0.29) is 11.7 Å². The van der Waals surface area contributed by atoms with E-state index in [0.29, 0.717) is 25.2 Å². The molecule has 0 saturated carbocycles. The van der Waals surface area contributed by atoms with Gasteiger partial charge in [0.1, 0.15) is 5.75 Å². The Morgan fingerprint density at radius 1 is 1.32 bits per heavy atom. The first-order valence-corrected chi connectivity index (χ1v) is 6.63. The van der Waals surface area contributed by atoms with Crippen LogP contribution in [-0.4, -0.2) is 60.1 Å². The molecule has 1 heterocycles. The summed E-state index contributed by atoms with van der Waals surface area (Å²) in [4.78, 5) is 16.4. The Morgan fingerprint density at radius 2 is 2.00 bits per heavy atom. The summed E-state index contributed by atoms with van der Waals surface area (Å²) in [5, 5.41) is 9.80. The van der Waals surface area contributed by atoms with Crippen LogP contribution in [0.5, 0.6) is 5.75 Å². The van der Waals surface area contributed by atoms with Gasteiger partial charge in [0.2, 0.25) is 0 Å². The summed E-state index contributed by atoms with van der Waals surface area (Å²) in [6.45, 7) is 6.49. The zero-order valence-corrected chi connectivity index (χ0v) is 11.3. The molecule has 1 aromatic rings. The average molecular weight is 263 g/mol. The summed E-state index contributed by atoms with van der Waals surface area (Å²) >= 11 is 0. The maximum Gasteiger partial charge on any atom is 0.257 e. The second kappa shape index (κ2) is 6.04. The van der Waals surface area contributed by atoms with E-state index in [9.17, 15) is 9.90 Å². The zero-order valence-electron chi connectivity index (χ0n) is 11.3. The fourth-order valence-corrected chi connectivity index (χ4v) is 2.35. The first kappa shape index (κ1) is 13.8. The normalized spacial score (nSPS) is 16.6. The van der Waals surface area contributed by atoms with Crippen LogP contribution in [0.1, 0.15) is 15.9 Å². The second-order valence-corrected chi connectivity index (χ2v) is 4.94. The van der Waals surface area contributed by atoms with Crippen LogP contribution in [-0.2, 0) is 0 Å². The molecule has 0 aliphatic carbocycles. The molecular weight excluding hydrogens is 242 g/mol. The summed E-state index contributed by atoms with van der Waals surface area (Å²) in [5.74, 6) is -0.0337. The highest BCUT2D eigenvalue weighted by molar-refractivity contribution is 5.97. The Bertz CT molecular complexity index is 454. The highest BCUT2D eigenvalue weighted by Crippen LogP contribution is 2.20. The van der Waals surface area contributed by atoms with E-state index in [0.717, 1.165) is 25.2 Å². The van der Waals surface area contributed by atoms with Crippen molar-refractivity contribution in [3.63, 3.8) is 0 Å². The van der Waals surface area contributed by atoms with Crippen LogP contribution in [0, 0.1) is 6.92 Å². The molecule has 2 rings (SSSR count).